The molecule has 25 heavy (non-hydrogen) atoms. The van der Waals surface area contributed by atoms with Gasteiger partial charge < -0.3 is 4.74 Å². The lowest BCUT2D eigenvalue weighted by atomic mass is 10.3. The summed E-state index contributed by atoms with van der Waals surface area (Å²) < 4.78 is 42.2. The molecule has 0 saturated carbocycles. The van der Waals surface area contributed by atoms with Gasteiger partial charge in [0, 0.05) is 17.9 Å². The molecule has 0 amide bonds. The van der Waals surface area contributed by atoms with Gasteiger partial charge in [0.2, 0.25) is 0 Å². The molecular weight excluding hydrogens is 373 g/mol. The van der Waals surface area contributed by atoms with Gasteiger partial charge in [0.25, 0.3) is 5.56 Å². The van der Waals surface area contributed by atoms with E-state index in [4.69, 9.17) is 0 Å². The van der Waals surface area contributed by atoms with Crippen molar-refractivity contribution in [1.82, 2.24) is 9.55 Å². The van der Waals surface area contributed by atoms with Gasteiger partial charge in [-0.2, -0.15) is 0 Å². The molecule has 1 aliphatic rings. The van der Waals surface area contributed by atoms with Crippen molar-refractivity contribution >= 4 is 23.5 Å². The van der Waals surface area contributed by atoms with Crippen molar-refractivity contribution in [2.24, 2.45) is 0 Å². The van der Waals surface area contributed by atoms with Gasteiger partial charge in [-0.15, -0.1) is 24.9 Å². The third kappa shape index (κ3) is 4.14. The Kier molecular flexibility index (Phi) is 5.33. The van der Waals surface area contributed by atoms with Crippen LogP contribution < -0.4 is 10.3 Å². The average Bonchev–Trinajstić information content (AvgIpc) is 3.01. The minimum atomic E-state index is -4.74. The molecule has 1 aromatic carbocycles. The van der Waals surface area contributed by atoms with Gasteiger partial charge in [0.15, 0.2) is 5.16 Å². The maximum Gasteiger partial charge on any atom is 0.573 e. The topological polar surface area (TPSA) is 44.1 Å². The molecule has 0 N–H and O–H groups in total. The van der Waals surface area contributed by atoms with Crippen LogP contribution in [0.3, 0.4) is 0 Å². The SMILES string of the molecule is CCCSc1nc2c(c(=O)n1-c1ccc(OC(F)(F)F)cc1)SCC2. The monoisotopic (exact) mass is 388 g/mol. The zero-order valence-corrected chi connectivity index (χ0v) is 14.9. The summed E-state index contributed by atoms with van der Waals surface area (Å²) in [6.07, 6.45) is -3.06. The van der Waals surface area contributed by atoms with Crippen LogP contribution in [-0.4, -0.2) is 27.4 Å². The van der Waals surface area contributed by atoms with E-state index in [9.17, 15) is 18.0 Å². The van der Waals surface area contributed by atoms with Crippen LogP contribution in [0, 0.1) is 0 Å². The van der Waals surface area contributed by atoms with Gasteiger partial charge >= 0.3 is 6.36 Å². The van der Waals surface area contributed by atoms with Crippen LogP contribution in [0.4, 0.5) is 13.2 Å². The quantitative estimate of drug-likeness (QED) is 0.565. The van der Waals surface area contributed by atoms with Crippen molar-refractivity contribution in [2.45, 2.75) is 36.2 Å². The maximum absolute atomic E-state index is 12.8. The van der Waals surface area contributed by atoms with E-state index in [2.05, 4.69) is 9.72 Å². The van der Waals surface area contributed by atoms with E-state index < -0.39 is 6.36 Å². The van der Waals surface area contributed by atoms with Crippen molar-refractivity contribution in [3.05, 3.63) is 40.3 Å². The number of hydrogen-bond acceptors (Lipinski definition) is 5. The maximum atomic E-state index is 12.8. The predicted molar refractivity (Wildman–Crippen MR) is 92.0 cm³/mol. The van der Waals surface area contributed by atoms with Crippen molar-refractivity contribution in [3.8, 4) is 11.4 Å². The summed E-state index contributed by atoms with van der Waals surface area (Å²) in [5, 5.41) is 0.567. The standard InChI is InChI=1S/C16H15F3N2O2S2/c1-2-8-25-15-20-12-7-9-24-13(12)14(22)21(15)10-3-5-11(6-4-10)23-16(17,18)19/h3-6H,2,7-9H2,1H3. The van der Waals surface area contributed by atoms with Gasteiger partial charge in [-0.3, -0.25) is 9.36 Å². The number of benzene rings is 1. The Hall–Kier alpha value is -1.61. The third-order valence-corrected chi connectivity index (χ3v) is 5.68. The molecule has 0 saturated heterocycles. The lowest BCUT2D eigenvalue weighted by molar-refractivity contribution is -0.274. The summed E-state index contributed by atoms with van der Waals surface area (Å²) in [4.78, 5) is 18.1. The molecule has 0 aliphatic carbocycles. The molecule has 2 aromatic rings. The average molecular weight is 388 g/mol. The number of aryl methyl sites for hydroxylation is 1. The van der Waals surface area contributed by atoms with E-state index >= 15 is 0 Å². The van der Waals surface area contributed by atoms with E-state index in [0.29, 0.717) is 15.7 Å². The first-order valence-electron chi connectivity index (χ1n) is 7.66. The predicted octanol–water partition coefficient (Wildman–Crippen LogP) is 4.28. The van der Waals surface area contributed by atoms with E-state index in [0.717, 1.165) is 30.0 Å². The number of thioether (sulfide) groups is 2. The van der Waals surface area contributed by atoms with Gasteiger partial charge in [-0.1, -0.05) is 18.7 Å². The fourth-order valence-electron chi connectivity index (χ4n) is 2.41. The molecule has 0 fully saturated rings. The Bertz CT molecular complexity index is 820. The smallest absolute Gasteiger partial charge is 0.406 e. The Morgan fingerprint density at radius 3 is 2.68 bits per heavy atom. The molecule has 4 nitrogen and oxygen atoms in total. The van der Waals surface area contributed by atoms with Crippen LogP contribution in [0.25, 0.3) is 5.69 Å². The van der Waals surface area contributed by atoms with E-state index in [-0.39, 0.29) is 11.3 Å². The molecule has 0 bridgehead atoms. The van der Waals surface area contributed by atoms with Gasteiger partial charge in [0.1, 0.15) is 5.75 Å². The second-order valence-corrected chi connectivity index (χ2v) is 7.47. The molecule has 3 rings (SSSR count). The Labute approximate surface area is 150 Å². The number of nitrogens with zero attached hydrogens (tertiary/aromatic N) is 2. The summed E-state index contributed by atoms with van der Waals surface area (Å²) in [5.41, 5.74) is 1.11. The van der Waals surface area contributed by atoms with Gasteiger partial charge in [-0.25, -0.2) is 4.98 Å². The summed E-state index contributed by atoms with van der Waals surface area (Å²) in [5.74, 6) is 1.29. The van der Waals surface area contributed by atoms with Crippen LogP contribution >= 0.6 is 23.5 Å². The highest BCUT2D eigenvalue weighted by atomic mass is 32.2. The number of fused-ring (bicyclic) bond motifs is 1. The summed E-state index contributed by atoms with van der Waals surface area (Å²) >= 11 is 2.94. The van der Waals surface area contributed by atoms with Crippen LogP contribution in [0.15, 0.2) is 39.1 Å². The molecule has 134 valence electrons. The van der Waals surface area contributed by atoms with Crippen LogP contribution in [0.5, 0.6) is 5.75 Å². The lowest BCUT2D eigenvalue weighted by Crippen LogP contribution is -2.24. The third-order valence-electron chi connectivity index (χ3n) is 3.43. The van der Waals surface area contributed by atoms with Crippen molar-refractivity contribution < 1.29 is 17.9 Å². The molecule has 0 atom stereocenters. The Morgan fingerprint density at radius 2 is 2.04 bits per heavy atom. The Balaban J connectivity index is 2.02. The zero-order valence-electron chi connectivity index (χ0n) is 13.3. The number of hydrogen-bond donors (Lipinski definition) is 0. The summed E-state index contributed by atoms with van der Waals surface area (Å²) in [7, 11) is 0. The second kappa shape index (κ2) is 7.33. The fraction of sp³-hybridized carbons (Fsp3) is 0.375. The number of alkyl halides is 3. The highest BCUT2D eigenvalue weighted by molar-refractivity contribution is 7.99. The van der Waals surface area contributed by atoms with Crippen LogP contribution in [-0.2, 0) is 6.42 Å². The van der Waals surface area contributed by atoms with E-state index in [1.165, 1.54) is 52.4 Å². The second-order valence-electron chi connectivity index (χ2n) is 5.30. The van der Waals surface area contributed by atoms with E-state index in [1.807, 2.05) is 6.92 Å². The number of aromatic nitrogens is 2. The number of ether oxygens (including phenoxy) is 1. The number of halogens is 3. The lowest BCUT2D eigenvalue weighted by Gasteiger charge is -2.14. The fourth-order valence-corrected chi connectivity index (χ4v) is 4.31. The minimum absolute atomic E-state index is 0.171. The normalized spacial score (nSPS) is 13.8. The highest BCUT2D eigenvalue weighted by Gasteiger charge is 2.31. The largest absolute Gasteiger partial charge is 0.573 e. The first kappa shape index (κ1) is 18.2. The molecule has 9 heteroatoms. The molecular formula is C16H15F3N2O2S2. The Morgan fingerprint density at radius 1 is 1.32 bits per heavy atom. The van der Waals surface area contributed by atoms with Crippen LogP contribution in [0.2, 0.25) is 0 Å². The van der Waals surface area contributed by atoms with E-state index in [1.54, 1.807) is 0 Å². The highest BCUT2D eigenvalue weighted by Crippen LogP contribution is 2.31. The summed E-state index contributed by atoms with van der Waals surface area (Å²) in [6, 6.07) is 5.27. The molecule has 1 aliphatic heterocycles. The first-order valence-corrected chi connectivity index (χ1v) is 9.64. The van der Waals surface area contributed by atoms with Gasteiger partial charge in [0.05, 0.1) is 16.3 Å². The van der Waals surface area contributed by atoms with Crippen LogP contribution in [0.1, 0.15) is 19.0 Å². The number of rotatable bonds is 5. The molecule has 0 unspecified atom stereocenters. The summed E-state index contributed by atoms with van der Waals surface area (Å²) in [6.45, 7) is 2.03. The zero-order chi connectivity index (χ0) is 18.0. The first-order chi connectivity index (χ1) is 11.9. The minimum Gasteiger partial charge on any atom is -0.406 e. The molecule has 2 heterocycles. The molecule has 1 aromatic heterocycles. The van der Waals surface area contributed by atoms with Gasteiger partial charge in [-0.05, 0) is 30.7 Å². The molecule has 0 spiro atoms. The van der Waals surface area contributed by atoms with Crippen molar-refractivity contribution in [1.29, 1.82) is 0 Å². The molecule has 0 radical (unpaired) electrons. The van der Waals surface area contributed by atoms with Crippen molar-refractivity contribution in [3.63, 3.8) is 0 Å². The van der Waals surface area contributed by atoms with Crippen molar-refractivity contribution in [2.75, 3.05) is 11.5 Å².